The van der Waals surface area contributed by atoms with Gasteiger partial charge in [-0.1, -0.05) is 24.3 Å². The Morgan fingerprint density at radius 3 is 2.75 bits per heavy atom. The van der Waals surface area contributed by atoms with Gasteiger partial charge in [0.1, 0.15) is 0 Å². The molecule has 0 aliphatic heterocycles. The van der Waals surface area contributed by atoms with Crippen molar-refractivity contribution in [1.29, 1.82) is 0 Å². The van der Waals surface area contributed by atoms with E-state index in [2.05, 4.69) is 10.1 Å². The molecule has 2 N–H and O–H groups in total. The third-order valence-electron chi connectivity index (χ3n) is 3.01. The zero-order chi connectivity index (χ0) is 13.9. The number of nitrogens with two attached hydrogens (primary N) is 1. The predicted octanol–water partition coefficient (Wildman–Crippen LogP) is 2.53. The summed E-state index contributed by atoms with van der Waals surface area (Å²) in [6.07, 6.45) is 3.67. The molecule has 0 aliphatic rings. The Hall–Kier alpha value is -2.82. The number of ether oxygens (including phenoxy) is 1. The first-order valence-corrected chi connectivity index (χ1v) is 6.19. The SMILES string of the molecule is COc1cccc(-n2cc(-c3ccccc3N)cn2)n1. The number of rotatable bonds is 3. The zero-order valence-corrected chi connectivity index (χ0v) is 11.0. The summed E-state index contributed by atoms with van der Waals surface area (Å²) in [4.78, 5) is 4.34. The molecule has 100 valence electrons. The number of benzene rings is 1. The minimum absolute atomic E-state index is 0.554. The molecule has 0 radical (unpaired) electrons. The van der Waals surface area contributed by atoms with Crippen LogP contribution in [0.5, 0.6) is 5.88 Å². The molecule has 0 saturated carbocycles. The number of methoxy groups -OCH3 is 1. The quantitative estimate of drug-likeness (QED) is 0.740. The largest absolute Gasteiger partial charge is 0.481 e. The first-order chi connectivity index (χ1) is 9.78. The highest BCUT2D eigenvalue weighted by atomic mass is 16.5. The number of anilines is 1. The van der Waals surface area contributed by atoms with Crippen molar-refractivity contribution in [3.63, 3.8) is 0 Å². The Balaban J connectivity index is 2.00. The van der Waals surface area contributed by atoms with E-state index < -0.39 is 0 Å². The molecule has 20 heavy (non-hydrogen) atoms. The van der Waals surface area contributed by atoms with Crippen LogP contribution in [-0.2, 0) is 0 Å². The van der Waals surface area contributed by atoms with Gasteiger partial charge in [-0.15, -0.1) is 0 Å². The smallest absolute Gasteiger partial charge is 0.214 e. The molecule has 0 saturated heterocycles. The molecule has 5 heteroatoms. The third kappa shape index (κ3) is 2.21. The van der Waals surface area contributed by atoms with Crippen LogP contribution in [0.25, 0.3) is 16.9 Å². The molecule has 3 rings (SSSR count). The number of nitrogens with zero attached hydrogens (tertiary/aromatic N) is 3. The van der Waals surface area contributed by atoms with Crippen molar-refractivity contribution in [2.75, 3.05) is 12.8 Å². The standard InChI is InChI=1S/C15H14N4O/c1-20-15-8-4-7-14(18-15)19-10-11(9-17-19)12-5-2-3-6-13(12)16/h2-10H,16H2,1H3. The second-order valence-electron chi connectivity index (χ2n) is 4.30. The molecular formula is C15H14N4O. The molecule has 2 heterocycles. The molecule has 0 aliphatic carbocycles. The molecule has 0 amide bonds. The summed E-state index contributed by atoms with van der Waals surface area (Å²) in [5.74, 6) is 1.25. The van der Waals surface area contributed by atoms with E-state index in [0.717, 1.165) is 16.8 Å². The maximum Gasteiger partial charge on any atom is 0.214 e. The van der Waals surface area contributed by atoms with Crippen molar-refractivity contribution in [2.24, 2.45) is 0 Å². The van der Waals surface area contributed by atoms with E-state index >= 15 is 0 Å². The fourth-order valence-corrected chi connectivity index (χ4v) is 1.99. The van der Waals surface area contributed by atoms with E-state index in [1.165, 1.54) is 0 Å². The maximum atomic E-state index is 5.97. The molecule has 2 aromatic heterocycles. The Kier molecular flexibility index (Phi) is 3.09. The van der Waals surface area contributed by atoms with E-state index in [0.29, 0.717) is 11.7 Å². The summed E-state index contributed by atoms with van der Waals surface area (Å²) in [5.41, 5.74) is 8.61. The minimum Gasteiger partial charge on any atom is -0.481 e. The summed E-state index contributed by atoms with van der Waals surface area (Å²) in [6.45, 7) is 0. The molecular weight excluding hydrogens is 252 g/mol. The number of pyridine rings is 1. The van der Waals surface area contributed by atoms with Gasteiger partial charge in [0.2, 0.25) is 5.88 Å². The van der Waals surface area contributed by atoms with E-state index in [1.807, 2.05) is 42.6 Å². The van der Waals surface area contributed by atoms with E-state index in [-0.39, 0.29) is 0 Å². The highest BCUT2D eigenvalue weighted by Crippen LogP contribution is 2.25. The first kappa shape index (κ1) is 12.2. The van der Waals surface area contributed by atoms with Crippen LogP contribution < -0.4 is 10.5 Å². The van der Waals surface area contributed by atoms with Gasteiger partial charge < -0.3 is 10.5 Å². The fourth-order valence-electron chi connectivity index (χ4n) is 1.99. The lowest BCUT2D eigenvalue weighted by atomic mass is 10.1. The van der Waals surface area contributed by atoms with Crippen molar-refractivity contribution < 1.29 is 4.74 Å². The van der Waals surface area contributed by atoms with Crippen LogP contribution in [0.2, 0.25) is 0 Å². The van der Waals surface area contributed by atoms with E-state index in [9.17, 15) is 0 Å². The molecule has 0 spiro atoms. The van der Waals surface area contributed by atoms with Crippen molar-refractivity contribution in [2.45, 2.75) is 0 Å². The van der Waals surface area contributed by atoms with Gasteiger partial charge in [0.15, 0.2) is 5.82 Å². The lowest BCUT2D eigenvalue weighted by Gasteiger charge is -2.03. The third-order valence-corrected chi connectivity index (χ3v) is 3.01. The summed E-state index contributed by atoms with van der Waals surface area (Å²) >= 11 is 0. The normalized spacial score (nSPS) is 10.4. The highest BCUT2D eigenvalue weighted by Gasteiger charge is 2.07. The number of nitrogen functional groups attached to an aromatic ring is 1. The molecule has 3 aromatic rings. The summed E-state index contributed by atoms with van der Waals surface area (Å²) < 4.78 is 6.81. The summed E-state index contributed by atoms with van der Waals surface area (Å²) in [6, 6.07) is 13.2. The monoisotopic (exact) mass is 266 g/mol. The number of hydrogen-bond donors (Lipinski definition) is 1. The van der Waals surface area contributed by atoms with Crippen molar-refractivity contribution in [1.82, 2.24) is 14.8 Å². The van der Waals surface area contributed by atoms with Crippen LogP contribution in [0.1, 0.15) is 0 Å². The predicted molar refractivity (Wildman–Crippen MR) is 77.8 cm³/mol. The van der Waals surface area contributed by atoms with Crippen LogP contribution in [-0.4, -0.2) is 21.9 Å². The van der Waals surface area contributed by atoms with Gasteiger partial charge in [-0.2, -0.15) is 10.1 Å². The molecule has 0 atom stereocenters. The Morgan fingerprint density at radius 2 is 1.95 bits per heavy atom. The maximum absolute atomic E-state index is 5.97. The van der Waals surface area contributed by atoms with Gasteiger partial charge in [0.25, 0.3) is 0 Å². The molecule has 5 nitrogen and oxygen atoms in total. The van der Waals surface area contributed by atoms with Crippen LogP contribution >= 0.6 is 0 Å². The zero-order valence-electron chi connectivity index (χ0n) is 11.0. The molecule has 0 bridgehead atoms. The van der Waals surface area contributed by atoms with Crippen LogP contribution in [0.4, 0.5) is 5.69 Å². The van der Waals surface area contributed by atoms with Gasteiger partial charge in [-0.3, -0.25) is 0 Å². The van der Waals surface area contributed by atoms with Gasteiger partial charge >= 0.3 is 0 Å². The van der Waals surface area contributed by atoms with Crippen molar-refractivity contribution >= 4 is 5.69 Å². The first-order valence-electron chi connectivity index (χ1n) is 6.19. The van der Waals surface area contributed by atoms with E-state index in [4.69, 9.17) is 10.5 Å². The van der Waals surface area contributed by atoms with Gasteiger partial charge in [-0.25, -0.2) is 4.68 Å². The Labute approximate surface area is 116 Å². The van der Waals surface area contributed by atoms with E-state index in [1.54, 1.807) is 24.1 Å². The lowest BCUT2D eigenvalue weighted by Crippen LogP contribution is -1.98. The lowest BCUT2D eigenvalue weighted by molar-refractivity contribution is 0.397. The second-order valence-corrected chi connectivity index (χ2v) is 4.30. The van der Waals surface area contributed by atoms with Gasteiger partial charge in [0.05, 0.1) is 13.3 Å². The summed E-state index contributed by atoms with van der Waals surface area (Å²) in [5, 5.41) is 4.32. The van der Waals surface area contributed by atoms with Crippen molar-refractivity contribution in [3.8, 4) is 22.8 Å². The van der Waals surface area contributed by atoms with Crippen molar-refractivity contribution in [3.05, 3.63) is 54.9 Å². The average molecular weight is 266 g/mol. The number of hydrogen-bond acceptors (Lipinski definition) is 4. The topological polar surface area (TPSA) is 66.0 Å². The van der Waals surface area contributed by atoms with Crippen LogP contribution in [0.3, 0.4) is 0 Å². The Morgan fingerprint density at radius 1 is 1.10 bits per heavy atom. The fraction of sp³-hybridized carbons (Fsp3) is 0.0667. The number of aromatic nitrogens is 3. The average Bonchev–Trinajstić information content (AvgIpc) is 2.97. The van der Waals surface area contributed by atoms with Crippen LogP contribution in [0.15, 0.2) is 54.9 Å². The Bertz CT molecular complexity index is 736. The van der Waals surface area contributed by atoms with Gasteiger partial charge in [0, 0.05) is 29.1 Å². The van der Waals surface area contributed by atoms with Crippen LogP contribution in [0, 0.1) is 0 Å². The second kappa shape index (κ2) is 5.05. The minimum atomic E-state index is 0.554. The summed E-state index contributed by atoms with van der Waals surface area (Å²) in [7, 11) is 1.59. The van der Waals surface area contributed by atoms with Gasteiger partial charge in [-0.05, 0) is 12.1 Å². The highest BCUT2D eigenvalue weighted by molar-refractivity contribution is 5.75. The molecule has 1 aromatic carbocycles. The molecule has 0 unspecified atom stereocenters. The number of para-hydroxylation sites is 1. The molecule has 0 fully saturated rings.